The molecule has 3 saturated carbocycles. The molecule has 4 fully saturated rings. The fourth-order valence-electron chi connectivity index (χ4n) is 7.84. The Balaban J connectivity index is 1.44. The van der Waals surface area contributed by atoms with Gasteiger partial charge in [-0.15, -0.1) is 0 Å². The smallest absolute Gasteiger partial charge is 0.246 e. The maximum atomic E-state index is 12.2. The molecule has 26 heavy (non-hydrogen) atoms. The molecule has 5 aliphatic rings. The predicted octanol–water partition coefficient (Wildman–Crippen LogP) is 3.61. The Kier molecular flexibility index (Phi) is 3.85. The van der Waals surface area contributed by atoms with Gasteiger partial charge in [-0.25, -0.2) is 0 Å². The van der Waals surface area contributed by atoms with Crippen LogP contribution in [0.1, 0.15) is 52.4 Å². The number of hydrogen-bond donors (Lipinski definition) is 0. The van der Waals surface area contributed by atoms with E-state index in [0.717, 1.165) is 31.5 Å². The van der Waals surface area contributed by atoms with Gasteiger partial charge in [-0.2, -0.15) is 0 Å². The highest BCUT2D eigenvalue weighted by Gasteiger charge is 2.61. The van der Waals surface area contributed by atoms with Gasteiger partial charge in [0.2, 0.25) is 5.91 Å². The molecular weight excluding hydrogens is 326 g/mol. The summed E-state index contributed by atoms with van der Waals surface area (Å²) in [5.41, 5.74) is 0.505. The Morgan fingerprint density at radius 3 is 2.50 bits per heavy atom. The molecule has 2 heterocycles. The molecule has 1 saturated heterocycles. The van der Waals surface area contributed by atoms with Crippen molar-refractivity contribution in [3.8, 4) is 0 Å². The minimum absolute atomic E-state index is 0.0341. The van der Waals surface area contributed by atoms with E-state index in [1.807, 2.05) is 18.0 Å². The van der Waals surface area contributed by atoms with Crippen LogP contribution in [0.3, 0.4) is 0 Å². The van der Waals surface area contributed by atoms with Crippen LogP contribution in [0.25, 0.3) is 0 Å². The van der Waals surface area contributed by atoms with Gasteiger partial charge in [-0.3, -0.25) is 4.79 Å². The van der Waals surface area contributed by atoms with Crippen molar-refractivity contribution in [1.82, 2.24) is 4.90 Å². The summed E-state index contributed by atoms with van der Waals surface area (Å²) in [6.45, 7) is 6.47. The van der Waals surface area contributed by atoms with E-state index in [4.69, 9.17) is 9.47 Å². The molecule has 2 aliphatic heterocycles. The van der Waals surface area contributed by atoms with Gasteiger partial charge in [-0.05, 0) is 67.8 Å². The Hall–Kier alpha value is -0.870. The number of hydrogen-bond acceptors (Lipinski definition) is 3. The third kappa shape index (κ3) is 2.18. The lowest BCUT2D eigenvalue weighted by Gasteiger charge is -2.60. The Morgan fingerprint density at radius 2 is 1.73 bits per heavy atom. The summed E-state index contributed by atoms with van der Waals surface area (Å²) >= 11 is 0. The molecule has 3 aliphatic carbocycles. The van der Waals surface area contributed by atoms with Gasteiger partial charge < -0.3 is 14.4 Å². The highest BCUT2D eigenvalue weighted by atomic mass is 16.7. The van der Waals surface area contributed by atoms with Crippen LogP contribution in [0.2, 0.25) is 0 Å². The minimum atomic E-state index is 0.0341. The van der Waals surface area contributed by atoms with Crippen LogP contribution in [-0.4, -0.2) is 43.4 Å². The van der Waals surface area contributed by atoms with E-state index in [1.54, 1.807) is 0 Å². The van der Waals surface area contributed by atoms with E-state index < -0.39 is 0 Å². The molecule has 4 heteroatoms. The number of carbonyl (C=O) groups is 1. The molecule has 0 aromatic carbocycles. The average Bonchev–Trinajstić information content (AvgIpc) is 3.25. The molecule has 4 nitrogen and oxygen atoms in total. The fourth-order valence-corrected chi connectivity index (χ4v) is 7.84. The van der Waals surface area contributed by atoms with Gasteiger partial charge in [0.15, 0.2) is 6.29 Å². The molecule has 0 aromatic heterocycles. The lowest BCUT2D eigenvalue weighted by Crippen LogP contribution is -2.59. The lowest BCUT2D eigenvalue weighted by molar-refractivity contribution is -0.152. The van der Waals surface area contributed by atoms with Crippen molar-refractivity contribution in [2.24, 2.45) is 34.5 Å². The Morgan fingerprint density at radius 1 is 1.00 bits per heavy atom. The number of amides is 1. The van der Waals surface area contributed by atoms with E-state index in [-0.39, 0.29) is 17.6 Å². The van der Waals surface area contributed by atoms with E-state index in [2.05, 4.69) is 19.9 Å². The normalized spacial score (nSPS) is 51.3. The molecule has 7 atom stereocenters. The van der Waals surface area contributed by atoms with Crippen LogP contribution in [0.5, 0.6) is 0 Å². The van der Waals surface area contributed by atoms with Crippen LogP contribution in [0, 0.1) is 34.5 Å². The molecular formula is C22H33NO3. The largest absolute Gasteiger partial charge is 0.350 e. The molecule has 144 valence electrons. The van der Waals surface area contributed by atoms with Crippen molar-refractivity contribution >= 4 is 5.91 Å². The fraction of sp³-hybridized carbons (Fsp3) is 0.864. The predicted molar refractivity (Wildman–Crippen MR) is 99.3 cm³/mol. The molecule has 0 N–H and O–H groups in total. The summed E-state index contributed by atoms with van der Waals surface area (Å²) in [5.74, 6) is 3.02. The minimum Gasteiger partial charge on any atom is -0.350 e. The standard InChI is InChI=1S/C22H33NO3/c1-21-10-8-16-14(15(21)5-6-17(21)20-25-12-13-26-20)4-7-18-22(16,2)11-9-19(24)23(18)3/h9,11,14-18,20H,4-8,10,12-13H2,1-3H3/t14-,15-,16+,17?,18?,21-,22+/m0/s1. The first kappa shape index (κ1) is 17.2. The SMILES string of the molecule is CN1C(=O)C=C[C@@]2(C)C1CC[C@@H]1[C@H]2CC[C@]2(C)C(C3OCCO3)CC[C@@H]12. The van der Waals surface area contributed by atoms with E-state index >= 15 is 0 Å². The van der Waals surface area contributed by atoms with Crippen LogP contribution in [0.4, 0.5) is 0 Å². The zero-order chi connectivity index (χ0) is 18.1. The van der Waals surface area contributed by atoms with Gasteiger partial charge in [0.25, 0.3) is 0 Å². The topological polar surface area (TPSA) is 38.8 Å². The van der Waals surface area contributed by atoms with Crippen LogP contribution in [0.15, 0.2) is 12.2 Å². The van der Waals surface area contributed by atoms with Crippen molar-refractivity contribution in [3.05, 3.63) is 12.2 Å². The summed E-state index contributed by atoms with van der Waals surface area (Å²) in [6.07, 6.45) is 11.7. The second kappa shape index (κ2) is 5.81. The Bertz CT molecular complexity index is 627. The van der Waals surface area contributed by atoms with Crippen molar-refractivity contribution in [1.29, 1.82) is 0 Å². The molecule has 0 spiro atoms. The lowest BCUT2D eigenvalue weighted by atomic mass is 9.47. The van der Waals surface area contributed by atoms with Gasteiger partial charge in [-0.1, -0.05) is 19.9 Å². The highest BCUT2D eigenvalue weighted by Crippen LogP contribution is 2.66. The molecule has 0 radical (unpaired) electrons. The number of rotatable bonds is 1. The second-order valence-corrected chi connectivity index (χ2v) is 9.96. The third-order valence-corrected chi connectivity index (χ3v) is 9.18. The maximum absolute atomic E-state index is 12.2. The summed E-state index contributed by atoms with van der Waals surface area (Å²) in [7, 11) is 2.00. The number of nitrogens with zero attached hydrogens (tertiary/aromatic N) is 1. The quantitative estimate of drug-likeness (QED) is 0.718. The highest BCUT2D eigenvalue weighted by molar-refractivity contribution is 5.89. The van der Waals surface area contributed by atoms with Crippen molar-refractivity contribution < 1.29 is 14.3 Å². The summed E-state index contributed by atoms with van der Waals surface area (Å²) in [5, 5.41) is 0. The van der Waals surface area contributed by atoms with E-state index in [9.17, 15) is 4.79 Å². The van der Waals surface area contributed by atoms with Gasteiger partial charge >= 0.3 is 0 Å². The molecule has 1 amide bonds. The zero-order valence-corrected chi connectivity index (χ0v) is 16.4. The summed E-state index contributed by atoms with van der Waals surface area (Å²) in [4.78, 5) is 14.2. The molecule has 5 rings (SSSR count). The van der Waals surface area contributed by atoms with Crippen LogP contribution >= 0.6 is 0 Å². The van der Waals surface area contributed by atoms with E-state index in [0.29, 0.717) is 23.3 Å². The number of fused-ring (bicyclic) bond motifs is 5. The molecule has 0 bridgehead atoms. The zero-order valence-electron chi connectivity index (χ0n) is 16.4. The van der Waals surface area contributed by atoms with Crippen molar-refractivity contribution in [2.75, 3.05) is 20.3 Å². The molecule has 0 aromatic rings. The van der Waals surface area contributed by atoms with Crippen LogP contribution in [-0.2, 0) is 14.3 Å². The first-order valence-electron chi connectivity index (χ1n) is 10.6. The number of likely N-dealkylation sites (N-methyl/N-ethyl adjacent to an activating group) is 1. The van der Waals surface area contributed by atoms with Crippen molar-refractivity contribution in [2.45, 2.75) is 64.7 Å². The Labute approximate surface area is 157 Å². The summed E-state index contributed by atoms with van der Waals surface area (Å²) < 4.78 is 11.9. The molecule has 2 unspecified atom stereocenters. The number of carbonyl (C=O) groups excluding carboxylic acids is 1. The van der Waals surface area contributed by atoms with Crippen LogP contribution < -0.4 is 0 Å². The maximum Gasteiger partial charge on any atom is 0.246 e. The van der Waals surface area contributed by atoms with Gasteiger partial charge in [0.05, 0.1) is 13.2 Å². The second-order valence-electron chi connectivity index (χ2n) is 9.96. The number of ether oxygens (including phenoxy) is 2. The van der Waals surface area contributed by atoms with E-state index in [1.165, 1.54) is 32.1 Å². The van der Waals surface area contributed by atoms with Crippen molar-refractivity contribution in [3.63, 3.8) is 0 Å². The average molecular weight is 360 g/mol. The monoisotopic (exact) mass is 359 g/mol. The third-order valence-electron chi connectivity index (χ3n) is 9.18. The first-order valence-corrected chi connectivity index (χ1v) is 10.6. The van der Waals surface area contributed by atoms with Gasteiger partial charge in [0, 0.05) is 24.4 Å². The summed E-state index contributed by atoms with van der Waals surface area (Å²) in [6, 6.07) is 0.379. The first-order chi connectivity index (χ1) is 12.4. The van der Waals surface area contributed by atoms with Gasteiger partial charge in [0.1, 0.15) is 0 Å².